The second-order valence-electron chi connectivity index (χ2n) is 3.80. The lowest BCUT2D eigenvalue weighted by Crippen LogP contribution is -2.28. The van der Waals surface area contributed by atoms with E-state index in [1.54, 1.807) is 0 Å². The summed E-state index contributed by atoms with van der Waals surface area (Å²) in [6.07, 6.45) is -3.39. The molecule has 1 N–H and O–H groups in total. The normalized spacial score (nSPS) is 21.2. The van der Waals surface area contributed by atoms with E-state index in [0.717, 1.165) is 18.4 Å². The lowest BCUT2D eigenvalue weighted by atomic mass is 9.97. The fourth-order valence-electron chi connectivity index (χ4n) is 1.78. The lowest BCUT2D eigenvalue weighted by molar-refractivity contribution is -0.137. The van der Waals surface area contributed by atoms with Gasteiger partial charge in [0.05, 0.1) is 5.56 Å². The zero-order valence-corrected chi connectivity index (χ0v) is 8.23. The minimum absolute atomic E-state index is 0.177. The first-order valence-corrected chi connectivity index (χ1v) is 4.75. The smallest absolute Gasteiger partial charge is 0.312 e. The molecule has 82 valence electrons. The van der Waals surface area contributed by atoms with Crippen molar-refractivity contribution < 1.29 is 13.2 Å². The average Bonchev–Trinajstić information content (AvgIpc) is 2.16. The summed E-state index contributed by atoms with van der Waals surface area (Å²) in [5, 5.41) is 3.06. The summed E-state index contributed by atoms with van der Waals surface area (Å²) in [7, 11) is 0. The van der Waals surface area contributed by atoms with Gasteiger partial charge in [0.1, 0.15) is 0 Å². The molecule has 1 aliphatic heterocycles. The SMILES string of the molecule is C[C@@H]1CNCc2cc(C(F)(F)F)cnc21. The van der Waals surface area contributed by atoms with Crippen molar-refractivity contribution in [3.63, 3.8) is 0 Å². The van der Waals surface area contributed by atoms with Crippen molar-refractivity contribution in [3.05, 3.63) is 29.1 Å². The molecule has 15 heavy (non-hydrogen) atoms. The van der Waals surface area contributed by atoms with E-state index >= 15 is 0 Å². The molecule has 0 unspecified atom stereocenters. The summed E-state index contributed by atoms with van der Waals surface area (Å²) in [5.41, 5.74) is 0.766. The molecule has 1 atom stereocenters. The highest BCUT2D eigenvalue weighted by Crippen LogP contribution is 2.31. The number of pyridine rings is 1. The van der Waals surface area contributed by atoms with Gasteiger partial charge in [-0.3, -0.25) is 4.98 Å². The molecule has 2 rings (SSSR count). The lowest BCUT2D eigenvalue weighted by Gasteiger charge is -2.23. The van der Waals surface area contributed by atoms with Crippen LogP contribution in [0, 0.1) is 0 Å². The van der Waals surface area contributed by atoms with Crippen molar-refractivity contribution >= 4 is 0 Å². The maximum absolute atomic E-state index is 12.4. The molecule has 2 nitrogen and oxygen atoms in total. The third-order valence-corrected chi connectivity index (χ3v) is 2.56. The molecule has 0 bridgehead atoms. The van der Waals surface area contributed by atoms with Gasteiger partial charge in [0.2, 0.25) is 0 Å². The Morgan fingerprint density at radius 3 is 2.87 bits per heavy atom. The number of nitrogens with one attached hydrogen (secondary N) is 1. The van der Waals surface area contributed by atoms with E-state index in [4.69, 9.17) is 0 Å². The molecule has 0 amide bonds. The molecule has 5 heteroatoms. The molecule has 0 aliphatic carbocycles. The van der Waals surface area contributed by atoms with Crippen molar-refractivity contribution in [1.29, 1.82) is 0 Å². The van der Waals surface area contributed by atoms with Crippen molar-refractivity contribution in [1.82, 2.24) is 10.3 Å². The van der Waals surface area contributed by atoms with Crippen LogP contribution >= 0.6 is 0 Å². The predicted molar refractivity (Wildman–Crippen MR) is 49.4 cm³/mol. The molecule has 1 aliphatic rings. The quantitative estimate of drug-likeness (QED) is 0.719. The first-order valence-electron chi connectivity index (χ1n) is 4.75. The van der Waals surface area contributed by atoms with Gasteiger partial charge in [-0.25, -0.2) is 0 Å². The minimum atomic E-state index is -4.30. The Hall–Kier alpha value is -1.10. The van der Waals surface area contributed by atoms with Crippen LogP contribution in [0.25, 0.3) is 0 Å². The number of aromatic nitrogens is 1. The molecule has 0 saturated carbocycles. The number of rotatable bonds is 0. The number of alkyl halides is 3. The maximum Gasteiger partial charge on any atom is 0.417 e. The van der Waals surface area contributed by atoms with Crippen LogP contribution in [0.15, 0.2) is 12.3 Å². The molecule has 0 radical (unpaired) electrons. The van der Waals surface area contributed by atoms with Gasteiger partial charge < -0.3 is 5.32 Å². The Bertz CT molecular complexity index is 373. The number of hydrogen-bond donors (Lipinski definition) is 1. The summed E-state index contributed by atoms with van der Waals surface area (Å²) in [6, 6.07) is 1.19. The van der Waals surface area contributed by atoms with Crippen LogP contribution < -0.4 is 5.32 Å². The first-order chi connectivity index (χ1) is 6.98. The van der Waals surface area contributed by atoms with Gasteiger partial charge >= 0.3 is 6.18 Å². The van der Waals surface area contributed by atoms with Crippen molar-refractivity contribution in [2.75, 3.05) is 6.54 Å². The van der Waals surface area contributed by atoms with Gasteiger partial charge in [-0.05, 0) is 11.6 Å². The van der Waals surface area contributed by atoms with Crippen molar-refractivity contribution in [2.24, 2.45) is 0 Å². The summed E-state index contributed by atoms with van der Waals surface area (Å²) in [4.78, 5) is 3.91. The predicted octanol–water partition coefficient (Wildman–Crippen LogP) is 2.31. The molecule has 0 aromatic carbocycles. The van der Waals surface area contributed by atoms with Crippen LogP contribution in [-0.4, -0.2) is 11.5 Å². The fourth-order valence-corrected chi connectivity index (χ4v) is 1.78. The van der Waals surface area contributed by atoms with E-state index in [0.29, 0.717) is 12.1 Å². The van der Waals surface area contributed by atoms with E-state index in [-0.39, 0.29) is 5.92 Å². The van der Waals surface area contributed by atoms with E-state index in [9.17, 15) is 13.2 Å². The minimum Gasteiger partial charge on any atom is -0.312 e. The Morgan fingerprint density at radius 1 is 1.47 bits per heavy atom. The van der Waals surface area contributed by atoms with Crippen LogP contribution in [0.3, 0.4) is 0 Å². The summed E-state index contributed by atoms with van der Waals surface area (Å²) >= 11 is 0. The number of hydrogen-bond acceptors (Lipinski definition) is 2. The van der Waals surface area contributed by atoms with Gasteiger partial charge in [-0.1, -0.05) is 6.92 Å². The third-order valence-electron chi connectivity index (χ3n) is 2.56. The highest BCUT2D eigenvalue weighted by molar-refractivity contribution is 5.30. The molecule has 2 heterocycles. The van der Waals surface area contributed by atoms with E-state index < -0.39 is 11.7 Å². The van der Waals surface area contributed by atoms with E-state index in [1.807, 2.05) is 6.92 Å². The zero-order chi connectivity index (χ0) is 11.1. The van der Waals surface area contributed by atoms with Crippen LogP contribution in [0.4, 0.5) is 13.2 Å². The molecular weight excluding hydrogens is 205 g/mol. The Morgan fingerprint density at radius 2 is 2.20 bits per heavy atom. The fraction of sp³-hybridized carbons (Fsp3) is 0.500. The standard InChI is InChI=1S/C10H11F3N2/c1-6-3-14-4-7-2-8(10(11,12)13)5-15-9(6)7/h2,5-6,14H,3-4H2,1H3/t6-/m1/s1. The van der Waals surface area contributed by atoms with E-state index in [2.05, 4.69) is 10.3 Å². The summed E-state index contributed by atoms with van der Waals surface area (Å²) in [5.74, 6) is 0.177. The molecule has 1 aromatic rings. The van der Waals surface area contributed by atoms with Crippen LogP contribution in [0.2, 0.25) is 0 Å². The van der Waals surface area contributed by atoms with Crippen molar-refractivity contribution in [2.45, 2.75) is 25.6 Å². The van der Waals surface area contributed by atoms with Gasteiger partial charge in [-0.15, -0.1) is 0 Å². The second-order valence-corrected chi connectivity index (χ2v) is 3.80. The number of halogens is 3. The molecule has 0 spiro atoms. The summed E-state index contributed by atoms with van der Waals surface area (Å²) < 4.78 is 37.2. The second kappa shape index (κ2) is 3.48. The molecule has 0 fully saturated rings. The van der Waals surface area contributed by atoms with Crippen LogP contribution in [-0.2, 0) is 12.7 Å². The molecular formula is C10H11F3N2. The summed E-state index contributed by atoms with van der Waals surface area (Å²) in [6.45, 7) is 3.19. The van der Waals surface area contributed by atoms with Crippen LogP contribution in [0.1, 0.15) is 29.7 Å². The monoisotopic (exact) mass is 216 g/mol. The number of nitrogens with zero attached hydrogens (tertiary/aromatic N) is 1. The number of fused-ring (bicyclic) bond motifs is 1. The Balaban J connectivity index is 2.42. The Labute approximate surface area is 85.5 Å². The van der Waals surface area contributed by atoms with Gasteiger partial charge in [0.25, 0.3) is 0 Å². The Kier molecular flexibility index (Phi) is 2.42. The highest BCUT2D eigenvalue weighted by atomic mass is 19.4. The highest BCUT2D eigenvalue weighted by Gasteiger charge is 2.32. The average molecular weight is 216 g/mol. The van der Waals surface area contributed by atoms with Crippen LogP contribution in [0.5, 0.6) is 0 Å². The zero-order valence-electron chi connectivity index (χ0n) is 8.23. The largest absolute Gasteiger partial charge is 0.417 e. The topological polar surface area (TPSA) is 24.9 Å². The van der Waals surface area contributed by atoms with Gasteiger partial charge in [-0.2, -0.15) is 13.2 Å². The maximum atomic E-state index is 12.4. The molecule has 1 aromatic heterocycles. The van der Waals surface area contributed by atoms with Gasteiger partial charge in [0.15, 0.2) is 0 Å². The molecule has 0 saturated heterocycles. The first kappa shape index (κ1) is 10.4. The third kappa shape index (κ3) is 1.97. The van der Waals surface area contributed by atoms with E-state index in [1.165, 1.54) is 6.07 Å². The van der Waals surface area contributed by atoms with Crippen molar-refractivity contribution in [3.8, 4) is 0 Å². The van der Waals surface area contributed by atoms with Gasteiger partial charge in [0, 0.05) is 30.9 Å².